The molecule has 0 aliphatic carbocycles. The van der Waals surface area contributed by atoms with E-state index in [0.29, 0.717) is 22.5 Å². The van der Waals surface area contributed by atoms with Gasteiger partial charge in [0.05, 0.1) is 13.7 Å². The van der Waals surface area contributed by atoms with Crippen molar-refractivity contribution >= 4 is 17.5 Å². The number of carbonyl (C=O) groups excluding carboxylic acids is 1. The van der Waals surface area contributed by atoms with Crippen molar-refractivity contribution in [1.29, 1.82) is 0 Å². The van der Waals surface area contributed by atoms with Gasteiger partial charge in [-0.2, -0.15) is 4.98 Å². The molecule has 1 amide bonds. The molecule has 1 atom stereocenters. The summed E-state index contributed by atoms with van der Waals surface area (Å²) in [5, 5.41) is 7.16. The summed E-state index contributed by atoms with van der Waals surface area (Å²) in [6.07, 6.45) is -0.701. The van der Waals surface area contributed by atoms with Crippen LogP contribution in [-0.4, -0.2) is 29.3 Å². The molecule has 0 saturated carbocycles. The van der Waals surface area contributed by atoms with E-state index in [2.05, 4.69) is 15.5 Å². The summed E-state index contributed by atoms with van der Waals surface area (Å²) < 4.78 is 15.9. The molecule has 2 aromatic carbocycles. The fraction of sp³-hybridized carbons (Fsp3) is 0.211. The molecule has 0 bridgehead atoms. The second kappa shape index (κ2) is 8.55. The third kappa shape index (κ3) is 4.98. The minimum Gasteiger partial charge on any atom is -0.497 e. The van der Waals surface area contributed by atoms with E-state index < -0.39 is 6.10 Å². The Kier molecular flexibility index (Phi) is 5.93. The molecule has 1 N–H and O–H groups in total. The van der Waals surface area contributed by atoms with Gasteiger partial charge in [-0.3, -0.25) is 4.79 Å². The summed E-state index contributed by atoms with van der Waals surface area (Å²) in [6, 6.07) is 14.1. The maximum absolute atomic E-state index is 12.2. The Labute approximate surface area is 161 Å². The second-order valence-corrected chi connectivity index (χ2v) is 6.11. The van der Waals surface area contributed by atoms with Crippen molar-refractivity contribution in [2.24, 2.45) is 0 Å². The molecule has 1 aromatic heterocycles. The number of amides is 1. The van der Waals surface area contributed by atoms with Gasteiger partial charge in [0.15, 0.2) is 6.10 Å². The number of nitrogens with one attached hydrogen (secondary N) is 1. The quantitative estimate of drug-likeness (QED) is 0.667. The van der Waals surface area contributed by atoms with Gasteiger partial charge >= 0.3 is 0 Å². The van der Waals surface area contributed by atoms with Crippen molar-refractivity contribution in [3.63, 3.8) is 0 Å². The number of hydrogen-bond acceptors (Lipinski definition) is 6. The normalized spacial score (nSPS) is 11.7. The number of aromatic nitrogens is 2. The van der Waals surface area contributed by atoms with E-state index in [1.165, 1.54) is 0 Å². The molecule has 3 aromatic rings. The van der Waals surface area contributed by atoms with E-state index in [-0.39, 0.29) is 12.5 Å². The van der Waals surface area contributed by atoms with Crippen LogP contribution in [0.2, 0.25) is 5.02 Å². The molecule has 1 heterocycles. The Morgan fingerprint density at radius 3 is 2.70 bits per heavy atom. The highest BCUT2D eigenvalue weighted by Crippen LogP contribution is 2.20. The molecular weight excluding hydrogens is 370 g/mol. The SMILES string of the molecule is COc1ccc(-c2noc(CNC(=O)[C@H](C)Oc3cccc(Cl)c3)n2)cc1. The van der Waals surface area contributed by atoms with Crippen molar-refractivity contribution in [2.75, 3.05) is 7.11 Å². The number of carbonyl (C=O) groups is 1. The van der Waals surface area contributed by atoms with Gasteiger partial charge in [-0.1, -0.05) is 22.8 Å². The van der Waals surface area contributed by atoms with Gasteiger partial charge in [0.1, 0.15) is 11.5 Å². The predicted octanol–water partition coefficient (Wildman–Crippen LogP) is 3.48. The average Bonchev–Trinajstić information content (AvgIpc) is 3.15. The molecule has 0 aliphatic heterocycles. The first-order chi connectivity index (χ1) is 13.0. The summed E-state index contributed by atoms with van der Waals surface area (Å²) >= 11 is 5.90. The van der Waals surface area contributed by atoms with Gasteiger partial charge < -0.3 is 19.3 Å². The van der Waals surface area contributed by atoms with Crippen LogP contribution in [0.15, 0.2) is 53.1 Å². The fourth-order valence-electron chi connectivity index (χ4n) is 2.29. The summed E-state index contributed by atoms with van der Waals surface area (Å²) in [7, 11) is 1.60. The number of benzene rings is 2. The lowest BCUT2D eigenvalue weighted by Gasteiger charge is -2.14. The highest BCUT2D eigenvalue weighted by atomic mass is 35.5. The maximum Gasteiger partial charge on any atom is 0.261 e. The molecular formula is C19H18ClN3O4. The van der Waals surface area contributed by atoms with Crippen LogP contribution in [0.1, 0.15) is 12.8 Å². The largest absolute Gasteiger partial charge is 0.497 e. The number of methoxy groups -OCH3 is 1. The van der Waals surface area contributed by atoms with Crippen LogP contribution in [0.25, 0.3) is 11.4 Å². The van der Waals surface area contributed by atoms with Crippen LogP contribution in [0.4, 0.5) is 0 Å². The van der Waals surface area contributed by atoms with E-state index in [4.69, 9.17) is 25.6 Å². The molecule has 0 aliphatic rings. The zero-order valence-corrected chi connectivity index (χ0v) is 15.6. The molecule has 7 nitrogen and oxygen atoms in total. The van der Waals surface area contributed by atoms with Crippen LogP contribution in [0.3, 0.4) is 0 Å². The van der Waals surface area contributed by atoms with Crippen molar-refractivity contribution in [1.82, 2.24) is 15.5 Å². The number of ether oxygens (including phenoxy) is 2. The van der Waals surface area contributed by atoms with E-state index in [9.17, 15) is 4.79 Å². The van der Waals surface area contributed by atoms with Crippen LogP contribution in [0.5, 0.6) is 11.5 Å². The molecule has 0 saturated heterocycles. The maximum atomic E-state index is 12.2. The van der Waals surface area contributed by atoms with Gasteiger partial charge in [-0.25, -0.2) is 0 Å². The highest BCUT2D eigenvalue weighted by molar-refractivity contribution is 6.30. The zero-order valence-electron chi connectivity index (χ0n) is 14.8. The Morgan fingerprint density at radius 2 is 2.00 bits per heavy atom. The summed E-state index contributed by atoms with van der Waals surface area (Å²) in [4.78, 5) is 16.5. The van der Waals surface area contributed by atoms with Crippen LogP contribution in [-0.2, 0) is 11.3 Å². The third-order valence-electron chi connectivity index (χ3n) is 3.71. The van der Waals surface area contributed by atoms with Crippen molar-refractivity contribution in [3.8, 4) is 22.9 Å². The first-order valence-electron chi connectivity index (χ1n) is 8.22. The van der Waals surface area contributed by atoms with Gasteiger partial charge in [-0.05, 0) is 49.4 Å². The highest BCUT2D eigenvalue weighted by Gasteiger charge is 2.16. The summed E-state index contributed by atoms with van der Waals surface area (Å²) in [6.45, 7) is 1.75. The molecule has 0 radical (unpaired) electrons. The monoisotopic (exact) mass is 387 g/mol. The molecule has 3 rings (SSSR count). The first kappa shape index (κ1) is 18.7. The molecule has 27 heavy (non-hydrogen) atoms. The Hall–Kier alpha value is -3.06. The lowest BCUT2D eigenvalue weighted by Crippen LogP contribution is -2.35. The molecule has 0 fully saturated rings. The third-order valence-corrected chi connectivity index (χ3v) is 3.94. The Bertz CT molecular complexity index is 911. The number of halogens is 1. The smallest absolute Gasteiger partial charge is 0.261 e. The topological polar surface area (TPSA) is 86.5 Å². The molecule has 0 spiro atoms. The Balaban J connectivity index is 1.55. The summed E-state index contributed by atoms with van der Waals surface area (Å²) in [5.41, 5.74) is 0.787. The Morgan fingerprint density at radius 1 is 1.22 bits per heavy atom. The van der Waals surface area contributed by atoms with E-state index in [1.807, 2.05) is 24.3 Å². The van der Waals surface area contributed by atoms with Crippen molar-refractivity contribution < 1.29 is 18.8 Å². The van der Waals surface area contributed by atoms with Crippen LogP contribution < -0.4 is 14.8 Å². The van der Waals surface area contributed by atoms with Gasteiger partial charge in [-0.15, -0.1) is 0 Å². The average molecular weight is 388 g/mol. The lowest BCUT2D eigenvalue weighted by molar-refractivity contribution is -0.127. The number of rotatable bonds is 7. The standard InChI is InChI=1S/C19H18ClN3O4/c1-12(26-16-5-3-4-14(20)10-16)19(24)21-11-17-22-18(23-27-17)13-6-8-15(25-2)9-7-13/h3-10,12H,11H2,1-2H3,(H,21,24)/t12-/m0/s1. The minimum absolute atomic E-state index is 0.102. The molecule has 8 heteroatoms. The van der Waals surface area contributed by atoms with Gasteiger partial charge in [0, 0.05) is 10.6 Å². The van der Waals surface area contributed by atoms with Crippen LogP contribution in [0, 0.1) is 0 Å². The molecule has 0 unspecified atom stereocenters. The van der Waals surface area contributed by atoms with E-state index in [1.54, 1.807) is 38.3 Å². The predicted molar refractivity (Wildman–Crippen MR) is 99.7 cm³/mol. The van der Waals surface area contributed by atoms with Gasteiger partial charge in [0.2, 0.25) is 11.7 Å². The first-order valence-corrected chi connectivity index (χ1v) is 8.60. The van der Waals surface area contributed by atoms with Crippen molar-refractivity contribution in [2.45, 2.75) is 19.6 Å². The van der Waals surface area contributed by atoms with Gasteiger partial charge in [0.25, 0.3) is 5.91 Å². The lowest BCUT2D eigenvalue weighted by atomic mass is 10.2. The minimum atomic E-state index is -0.701. The van der Waals surface area contributed by atoms with E-state index in [0.717, 1.165) is 11.3 Å². The number of hydrogen-bond donors (Lipinski definition) is 1. The van der Waals surface area contributed by atoms with E-state index >= 15 is 0 Å². The fourth-order valence-corrected chi connectivity index (χ4v) is 2.47. The molecule has 140 valence electrons. The van der Waals surface area contributed by atoms with Crippen molar-refractivity contribution in [3.05, 3.63) is 59.4 Å². The zero-order chi connectivity index (χ0) is 19.2. The second-order valence-electron chi connectivity index (χ2n) is 5.68. The van der Waals surface area contributed by atoms with Crippen LogP contribution >= 0.6 is 11.6 Å². The summed E-state index contributed by atoms with van der Waals surface area (Å²) in [5.74, 6) is 1.68. The number of nitrogens with zero attached hydrogens (tertiary/aromatic N) is 2.